The Morgan fingerprint density at radius 3 is 2.50 bits per heavy atom. The maximum atomic E-state index is 11.4. The first-order valence-electron chi connectivity index (χ1n) is 5.90. The minimum absolute atomic E-state index is 0.0512. The summed E-state index contributed by atoms with van der Waals surface area (Å²) in [5, 5.41) is 9.14. The van der Waals surface area contributed by atoms with Crippen molar-refractivity contribution in [3.8, 4) is 0 Å². The number of carbonyl (C=O) groups is 2. The highest BCUT2D eigenvalue weighted by Gasteiger charge is 2.30. The Hall–Kier alpha value is -0.940. The van der Waals surface area contributed by atoms with Gasteiger partial charge in [-0.25, -0.2) is 0 Å². The summed E-state index contributed by atoms with van der Waals surface area (Å²) in [6.07, 6.45) is 2.83. The number of imide groups is 1. The van der Waals surface area contributed by atoms with Crippen molar-refractivity contribution < 1.29 is 14.7 Å². The second-order valence-electron chi connectivity index (χ2n) is 4.45. The van der Waals surface area contributed by atoms with Crippen molar-refractivity contribution in [2.24, 2.45) is 0 Å². The van der Waals surface area contributed by atoms with Crippen LogP contribution in [0.15, 0.2) is 0 Å². The SMILES string of the molecule is O=C1CCC(=O)N1CCN1CCC[C@@H]1CO. The van der Waals surface area contributed by atoms with Gasteiger partial charge in [0.2, 0.25) is 11.8 Å². The van der Waals surface area contributed by atoms with Gasteiger partial charge in [-0.05, 0) is 19.4 Å². The molecule has 2 aliphatic rings. The standard InChI is InChI=1S/C11H18N2O3/c14-8-9-2-1-5-12(9)6-7-13-10(15)3-4-11(13)16/h9,14H,1-8H2/t9-/m1/s1. The summed E-state index contributed by atoms with van der Waals surface area (Å²) in [6.45, 7) is 2.31. The quantitative estimate of drug-likeness (QED) is 0.662. The summed E-state index contributed by atoms with van der Waals surface area (Å²) in [7, 11) is 0. The zero-order chi connectivity index (χ0) is 11.5. The molecule has 0 aromatic heterocycles. The van der Waals surface area contributed by atoms with Crippen molar-refractivity contribution in [2.45, 2.75) is 31.7 Å². The highest BCUT2D eigenvalue weighted by molar-refractivity contribution is 6.01. The third kappa shape index (κ3) is 2.25. The van der Waals surface area contributed by atoms with E-state index in [9.17, 15) is 9.59 Å². The number of amides is 2. The van der Waals surface area contributed by atoms with Crippen LogP contribution in [-0.2, 0) is 9.59 Å². The van der Waals surface area contributed by atoms with Gasteiger partial charge in [0.05, 0.1) is 6.61 Å². The van der Waals surface area contributed by atoms with E-state index in [0.29, 0.717) is 25.9 Å². The topological polar surface area (TPSA) is 60.9 Å². The lowest BCUT2D eigenvalue weighted by Gasteiger charge is -2.24. The van der Waals surface area contributed by atoms with E-state index in [1.54, 1.807) is 0 Å². The van der Waals surface area contributed by atoms with E-state index in [2.05, 4.69) is 4.90 Å². The normalized spacial score (nSPS) is 27.1. The maximum absolute atomic E-state index is 11.4. The molecule has 0 saturated carbocycles. The summed E-state index contributed by atoms with van der Waals surface area (Å²) in [5.41, 5.74) is 0. The predicted octanol–water partition coefficient (Wildman–Crippen LogP) is -0.408. The van der Waals surface area contributed by atoms with Gasteiger partial charge in [0.25, 0.3) is 0 Å². The molecule has 2 amide bonds. The molecule has 2 aliphatic heterocycles. The van der Waals surface area contributed by atoms with Crippen LogP contribution in [0.4, 0.5) is 0 Å². The number of hydrogen-bond acceptors (Lipinski definition) is 4. The van der Waals surface area contributed by atoms with Crippen molar-refractivity contribution in [1.82, 2.24) is 9.80 Å². The number of rotatable bonds is 4. The summed E-state index contributed by atoms with van der Waals surface area (Å²) >= 11 is 0. The molecule has 5 heteroatoms. The van der Waals surface area contributed by atoms with Crippen LogP contribution in [-0.4, -0.2) is 59.0 Å². The number of hydrogen-bond donors (Lipinski definition) is 1. The highest BCUT2D eigenvalue weighted by Crippen LogP contribution is 2.17. The summed E-state index contributed by atoms with van der Waals surface area (Å²) in [4.78, 5) is 26.3. The summed E-state index contributed by atoms with van der Waals surface area (Å²) < 4.78 is 0. The van der Waals surface area contributed by atoms with E-state index >= 15 is 0 Å². The van der Waals surface area contributed by atoms with E-state index in [1.807, 2.05) is 0 Å². The second kappa shape index (κ2) is 4.93. The molecule has 5 nitrogen and oxygen atoms in total. The molecule has 0 aliphatic carbocycles. The third-order valence-electron chi connectivity index (χ3n) is 3.48. The number of carbonyl (C=O) groups excluding carboxylic acids is 2. The first-order valence-corrected chi connectivity index (χ1v) is 5.90. The van der Waals surface area contributed by atoms with E-state index in [4.69, 9.17) is 5.11 Å². The Morgan fingerprint density at radius 1 is 1.19 bits per heavy atom. The van der Waals surface area contributed by atoms with Gasteiger partial charge < -0.3 is 5.11 Å². The summed E-state index contributed by atoms with van der Waals surface area (Å²) in [5.74, 6) is -0.102. The van der Waals surface area contributed by atoms with Gasteiger partial charge in [-0.1, -0.05) is 0 Å². The molecule has 0 spiro atoms. The Labute approximate surface area is 95.0 Å². The van der Waals surface area contributed by atoms with Crippen LogP contribution in [0.2, 0.25) is 0 Å². The van der Waals surface area contributed by atoms with Crippen molar-refractivity contribution in [1.29, 1.82) is 0 Å². The molecule has 0 unspecified atom stereocenters. The lowest BCUT2D eigenvalue weighted by Crippen LogP contribution is -2.40. The minimum atomic E-state index is -0.0512. The zero-order valence-electron chi connectivity index (χ0n) is 9.39. The largest absolute Gasteiger partial charge is 0.395 e. The van der Waals surface area contributed by atoms with Crippen LogP contribution in [0.5, 0.6) is 0 Å². The smallest absolute Gasteiger partial charge is 0.229 e. The van der Waals surface area contributed by atoms with Crippen molar-refractivity contribution in [2.75, 3.05) is 26.2 Å². The van der Waals surface area contributed by atoms with Crippen molar-refractivity contribution >= 4 is 11.8 Å². The number of likely N-dealkylation sites (tertiary alicyclic amines) is 2. The fourth-order valence-corrected chi connectivity index (χ4v) is 2.50. The van der Waals surface area contributed by atoms with Crippen LogP contribution >= 0.6 is 0 Å². The van der Waals surface area contributed by atoms with E-state index < -0.39 is 0 Å². The molecule has 2 heterocycles. The van der Waals surface area contributed by atoms with E-state index in [0.717, 1.165) is 19.4 Å². The van der Waals surface area contributed by atoms with Crippen molar-refractivity contribution in [3.63, 3.8) is 0 Å². The molecule has 1 N–H and O–H groups in total. The van der Waals surface area contributed by atoms with Gasteiger partial charge in [0.15, 0.2) is 0 Å². The Kier molecular flexibility index (Phi) is 3.56. The number of aliphatic hydroxyl groups is 1. The van der Waals surface area contributed by atoms with Crippen LogP contribution in [0.3, 0.4) is 0 Å². The number of nitrogens with zero attached hydrogens (tertiary/aromatic N) is 2. The fourth-order valence-electron chi connectivity index (χ4n) is 2.50. The molecule has 0 bridgehead atoms. The van der Waals surface area contributed by atoms with Crippen LogP contribution in [0.25, 0.3) is 0 Å². The molecule has 2 fully saturated rings. The second-order valence-corrected chi connectivity index (χ2v) is 4.45. The van der Waals surface area contributed by atoms with Gasteiger partial charge in [-0.2, -0.15) is 0 Å². The first kappa shape index (κ1) is 11.5. The monoisotopic (exact) mass is 226 g/mol. The average molecular weight is 226 g/mol. The van der Waals surface area contributed by atoms with Gasteiger partial charge in [-0.15, -0.1) is 0 Å². The van der Waals surface area contributed by atoms with Gasteiger partial charge >= 0.3 is 0 Å². The number of aliphatic hydroxyl groups excluding tert-OH is 1. The third-order valence-corrected chi connectivity index (χ3v) is 3.48. The summed E-state index contributed by atoms with van der Waals surface area (Å²) in [6, 6.07) is 0.216. The van der Waals surface area contributed by atoms with Gasteiger partial charge in [0, 0.05) is 32.0 Å². The van der Waals surface area contributed by atoms with E-state index in [-0.39, 0.29) is 24.5 Å². The van der Waals surface area contributed by atoms with Crippen molar-refractivity contribution in [3.05, 3.63) is 0 Å². The molecule has 0 radical (unpaired) electrons. The molecule has 0 aromatic rings. The predicted molar refractivity (Wildman–Crippen MR) is 57.6 cm³/mol. The fraction of sp³-hybridized carbons (Fsp3) is 0.818. The minimum Gasteiger partial charge on any atom is -0.395 e. The Morgan fingerprint density at radius 2 is 1.88 bits per heavy atom. The molecule has 16 heavy (non-hydrogen) atoms. The molecule has 1 atom stereocenters. The molecule has 2 saturated heterocycles. The average Bonchev–Trinajstić information content (AvgIpc) is 2.84. The van der Waals surface area contributed by atoms with Crippen LogP contribution in [0.1, 0.15) is 25.7 Å². The molecular formula is C11H18N2O3. The molecule has 90 valence electrons. The van der Waals surface area contributed by atoms with Crippen LogP contribution in [0, 0.1) is 0 Å². The first-order chi connectivity index (χ1) is 7.72. The van der Waals surface area contributed by atoms with E-state index in [1.165, 1.54) is 4.90 Å². The molecular weight excluding hydrogens is 208 g/mol. The van der Waals surface area contributed by atoms with Gasteiger partial charge in [0.1, 0.15) is 0 Å². The van der Waals surface area contributed by atoms with Gasteiger partial charge in [-0.3, -0.25) is 19.4 Å². The lowest BCUT2D eigenvalue weighted by atomic mass is 10.2. The molecule has 2 rings (SSSR count). The van der Waals surface area contributed by atoms with Crippen LogP contribution < -0.4 is 0 Å². The molecule has 0 aromatic carbocycles. The Bertz CT molecular complexity index is 277. The maximum Gasteiger partial charge on any atom is 0.229 e. The lowest BCUT2D eigenvalue weighted by molar-refractivity contribution is -0.138. The highest BCUT2D eigenvalue weighted by atomic mass is 16.3. The zero-order valence-corrected chi connectivity index (χ0v) is 9.39. The Balaban J connectivity index is 1.82.